The van der Waals surface area contributed by atoms with Gasteiger partial charge in [0.15, 0.2) is 15.6 Å². The van der Waals surface area contributed by atoms with Crippen LogP contribution >= 0.6 is 0 Å². The fourth-order valence-electron chi connectivity index (χ4n) is 3.73. The van der Waals surface area contributed by atoms with Crippen LogP contribution in [0.4, 0.5) is 0 Å². The Morgan fingerprint density at radius 3 is 2.38 bits per heavy atom. The topological polar surface area (TPSA) is 106 Å². The number of hydrogen-bond acceptors (Lipinski definition) is 6. The number of sulfone groups is 1. The van der Waals surface area contributed by atoms with Crippen molar-refractivity contribution in [1.82, 2.24) is 9.55 Å². The van der Waals surface area contributed by atoms with Gasteiger partial charge in [0.1, 0.15) is 4.75 Å². The monoisotopic (exact) mass is 456 g/mol. The number of rotatable bonds is 9. The van der Waals surface area contributed by atoms with Crippen LogP contribution in [-0.2, 0) is 27.6 Å². The van der Waals surface area contributed by atoms with E-state index in [2.05, 4.69) is 4.98 Å². The van der Waals surface area contributed by atoms with Gasteiger partial charge in [0.2, 0.25) is 0 Å². The summed E-state index contributed by atoms with van der Waals surface area (Å²) in [4.78, 5) is 29.7. The van der Waals surface area contributed by atoms with Gasteiger partial charge in [-0.1, -0.05) is 37.3 Å². The number of carbonyl (C=O) groups excluding carboxylic acids is 1. The van der Waals surface area contributed by atoms with E-state index >= 15 is 0 Å². The first-order valence-electron chi connectivity index (χ1n) is 10.5. The van der Waals surface area contributed by atoms with Crippen LogP contribution < -0.4 is 5.56 Å². The number of fused-ring (bicyclic) bond motifs is 1. The number of Topliss-reactive ketones (excluding diaryl/α,β-unsaturated/α-hetero) is 1. The van der Waals surface area contributed by atoms with E-state index in [0.717, 1.165) is 22.9 Å². The zero-order valence-electron chi connectivity index (χ0n) is 18.5. The van der Waals surface area contributed by atoms with Gasteiger partial charge in [-0.15, -0.1) is 0 Å². The Hall–Kier alpha value is -2.84. The number of nitrogens with zero attached hydrogens (tertiary/aromatic N) is 2. The van der Waals surface area contributed by atoms with Gasteiger partial charge in [-0.05, 0) is 48.6 Å². The summed E-state index contributed by atoms with van der Waals surface area (Å²) < 4.78 is 24.4. The average Bonchev–Trinajstić information content (AvgIpc) is 2.77. The Kier molecular flexibility index (Phi) is 6.95. The van der Waals surface area contributed by atoms with Crippen molar-refractivity contribution in [1.29, 1.82) is 0 Å². The summed E-state index contributed by atoms with van der Waals surface area (Å²) in [6.07, 6.45) is 3.17. The fourth-order valence-corrected chi connectivity index (χ4v) is 4.75. The fraction of sp³-hybridized carbons (Fsp3) is 0.375. The highest BCUT2D eigenvalue weighted by Gasteiger charge is 2.41. The van der Waals surface area contributed by atoms with E-state index in [1.165, 1.54) is 17.8 Å². The van der Waals surface area contributed by atoms with Crippen molar-refractivity contribution >= 4 is 26.5 Å². The summed E-state index contributed by atoms with van der Waals surface area (Å²) in [7, 11) is -3.64. The Morgan fingerprint density at radius 2 is 1.78 bits per heavy atom. The predicted molar refractivity (Wildman–Crippen MR) is 125 cm³/mol. The molecular formula is C24H28N2O5S. The Labute approximate surface area is 187 Å². The predicted octanol–water partition coefficient (Wildman–Crippen LogP) is 2.77. The third-order valence-electron chi connectivity index (χ3n) is 6.07. The van der Waals surface area contributed by atoms with Gasteiger partial charge >= 0.3 is 0 Å². The standard InChI is InChI=1S/C24H28N2O5S/c1-4-22(28)24(2,32(3,30)31)12-13-26-16-25-21-15-19(9-10-20(21)23(26)29)18-7-5-17(6-8-18)11-14-27/h5-10,15-16,27H,4,11-14H2,1-3H3/t24-/m1/s1. The van der Waals surface area contributed by atoms with Gasteiger partial charge < -0.3 is 5.11 Å². The zero-order chi connectivity index (χ0) is 23.5. The lowest BCUT2D eigenvalue weighted by Crippen LogP contribution is -2.44. The molecule has 0 bridgehead atoms. The maximum absolute atomic E-state index is 13.0. The van der Waals surface area contributed by atoms with Crippen molar-refractivity contribution in [2.24, 2.45) is 0 Å². The lowest BCUT2D eigenvalue weighted by atomic mass is 9.99. The molecule has 8 heteroatoms. The molecule has 0 fully saturated rings. The number of aliphatic hydroxyl groups is 1. The number of aryl methyl sites for hydroxylation is 1. The van der Waals surface area contributed by atoms with Gasteiger partial charge in [0.05, 0.1) is 17.2 Å². The quantitative estimate of drug-likeness (QED) is 0.531. The Balaban J connectivity index is 1.90. The summed E-state index contributed by atoms with van der Waals surface area (Å²) in [5.74, 6) is -0.364. The van der Waals surface area contributed by atoms with Crippen molar-refractivity contribution in [2.75, 3.05) is 12.9 Å². The first-order chi connectivity index (χ1) is 15.1. The van der Waals surface area contributed by atoms with E-state index in [-0.39, 0.29) is 37.3 Å². The smallest absolute Gasteiger partial charge is 0.261 e. The molecule has 3 rings (SSSR count). The number of ketones is 1. The summed E-state index contributed by atoms with van der Waals surface area (Å²) in [5.41, 5.74) is 3.19. The maximum Gasteiger partial charge on any atom is 0.261 e. The minimum absolute atomic E-state index is 0.00384. The molecule has 2 aromatic carbocycles. The van der Waals surface area contributed by atoms with Crippen molar-refractivity contribution in [3.8, 4) is 11.1 Å². The lowest BCUT2D eigenvalue weighted by Gasteiger charge is -2.26. The van der Waals surface area contributed by atoms with Gasteiger partial charge in [-0.3, -0.25) is 14.2 Å². The van der Waals surface area contributed by atoms with E-state index in [0.29, 0.717) is 17.3 Å². The molecule has 170 valence electrons. The van der Waals surface area contributed by atoms with Gasteiger partial charge in [-0.25, -0.2) is 13.4 Å². The second-order valence-electron chi connectivity index (χ2n) is 8.18. The van der Waals surface area contributed by atoms with Gasteiger partial charge in [0.25, 0.3) is 5.56 Å². The molecule has 0 saturated carbocycles. The molecule has 0 aliphatic carbocycles. The zero-order valence-corrected chi connectivity index (χ0v) is 19.4. The highest BCUT2D eigenvalue weighted by molar-refractivity contribution is 7.92. The molecule has 1 heterocycles. The molecule has 0 aliphatic rings. The molecule has 0 spiro atoms. The number of hydrogen-bond donors (Lipinski definition) is 1. The average molecular weight is 457 g/mol. The van der Waals surface area contributed by atoms with Crippen LogP contribution in [0.1, 0.15) is 32.3 Å². The third-order valence-corrected chi connectivity index (χ3v) is 8.14. The normalized spacial score (nSPS) is 13.8. The van der Waals surface area contributed by atoms with Gasteiger partial charge in [0, 0.05) is 25.8 Å². The van der Waals surface area contributed by atoms with Crippen LogP contribution in [0.3, 0.4) is 0 Å². The largest absolute Gasteiger partial charge is 0.396 e. The Bertz CT molecular complexity index is 1300. The van der Waals surface area contributed by atoms with E-state index in [9.17, 15) is 18.0 Å². The van der Waals surface area contributed by atoms with Crippen molar-refractivity contribution in [2.45, 2.75) is 44.4 Å². The number of aromatic nitrogens is 2. The van der Waals surface area contributed by atoms with Gasteiger partial charge in [-0.2, -0.15) is 0 Å². The minimum atomic E-state index is -3.64. The summed E-state index contributed by atoms with van der Waals surface area (Å²) in [6, 6.07) is 13.2. The van der Waals surface area contributed by atoms with Crippen LogP contribution in [0, 0.1) is 0 Å². The molecule has 32 heavy (non-hydrogen) atoms. The molecular weight excluding hydrogens is 428 g/mol. The van der Waals surface area contributed by atoms with E-state index in [1.54, 1.807) is 13.0 Å². The molecule has 0 amide bonds. The van der Waals surface area contributed by atoms with Crippen molar-refractivity contribution in [3.63, 3.8) is 0 Å². The number of aliphatic hydroxyl groups excluding tert-OH is 1. The summed E-state index contributed by atoms with van der Waals surface area (Å²) in [6.45, 7) is 3.23. The molecule has 1 atom stereocenters. The van der Waals surface area contributed by atoms with Crippen molar-refractivity contribution < 1.29 is 18.3 Å². The van der Waals surface area contributed by atoms with E-state index in [1.807, 2.05) is 36.4 Å². The SMILES string of the molecule is CCC(=O)[C@@](C)(CCn1cnc2cc(-c3ccc(CCO)cc3)ccc2c1=O)S(C)(=O)=O. The number of benzene rings is 2. The van der Waals surface area contributed by atoms with E-state index < -0.39 is 14.6 Å². The summed E-state index contributed by atoms with van der Waals surface area (Å²) >= 11 is 0. The van der Waals surface area contributed by atoms with Crippen molar-refractivity contribution in [3.05, 3.63) is 64.7 Å². The third kappa shape index (κ3) is 4.66. The minimum Gasteiger partial charge on any atom is -0.396 e. The highest BCUT2D eigenvalue weighted by Crippen LogP contribution is 2.25. The molecule has 0 radical (unpaired) electrons. The second kappa shape index (κ2) is 9.34. The van der Waals surface area contributed by atoms with Crippen LogP contribution in [0.25, 0.3) is 22.0 Å². The Morgan fingerprint density at radius 1 is 1.12 bits per heavy atom. The lowest BCUT2D eigenvalue weighted by molar-refractivity contribution is -0.121. The second-order valence-corrected chi connectivity index (χ2v) is 10.6. The van der Waals surface area contributed by atoms with Crippen LogP contribution in [0.15, 0.2) is 53.6 Å². The van der Waals surface area contributed by atoms with Crippen LogP contribution in [0.2, 0.25) is 0 Å². The number of carbonyl (C=O) groups is 1. The molecule has 1 N–H and O–H groups in total. The molecule has 3 aromatic rings. The highest BCUT2D eigenvalue weighted by atomic mass is 32.2. The van der Waals surface area contributed by atoms with Crippen LogP contribution in [-0.4, -0.2) is 46.5 Å². The molecule has 0 saturated heterocycles. The molecule has 7 nitrogen and oxygen atoms in total. The molecule has 0 aliphatic heterocycles. The van der Waals surface area contributed by atoms with E-state index in [4.69, 9.17) is 5.11 Å². The van der Waals surface area contributed by atoms with Crippen LogP contribution in [0.5, 0.6) is 0 Å². The summed E-state index contributed by atoms with van der Waals surface area (Å²) in [5, 5.41) is 9.48. The maximum atomic E-state index is 13.0. The first kappa shape index (κ1) is 23.8. The molecule has 1 aromatic heterocycles. The first-order valence-corrected chi connectivity index (χ1v) is 12.4. The molecule has 0 unspecified atom stereocenters.